The summed E-state index contributed by atoms with van der Waals surface area (Å²) in [5, 5.41) is 3.32. The second-order valence-electron chi connectivity index (χ2n) is 6.06. The van der Waals surface area contributed by atoms with E-state index in [4.69, 9.17) is 15.2 Å². The van der Waals surface area contributed by atoms with Crippen LogP contribution in [0.1, 0.15) is 54.4 Å². The predicted molar refractivity (Wildman–Crippen MR) is 94.3 cm³/mol. The molecule has 2 rings (SSSR count). The first-order chi connectivity index (χ1) is 11.6. The summed E-state index contributed by atoms with van der Waals surface area (Å²) in [6, 6.07) is 5.73. The topological polar surface area (TPSA) is 85.9 Å². The quantitative estimate of drug-likeness (QED) is 0.374. The van der Waals surface area contributed by atoms with E-state index in [1.54, 1.807) is 12.1 Å². The van der Waals surface area contributed by atoms with E-state index in [1.807, 2.05) is 6.07 Å². The molecule has 0 aromatic heterocycles. The van der Waals surface area contributed by atoms with Gasteiger partial charge in [-0.2, -0.15) is 0 Å². The van der Waals surface area contributed by atoms with E-state index >= 15 is 0 Å². The number of nitrogens with zero attached hydrogens (tertiary/aromatic N) is 1. The van der Waals surface area contributed by atoms with Crippen LogP contribution in [0.15, 0.2) is 23.2 Å². The van der Waals surface area contributed by atoms with E-state index in [0.717, 1.165) is 18.4 Å². The first-order valence-corrected chi connectivity index (χ1v) is 8.45. The lowest BCUT2D eigenvalue weighted by atomic mass is 10.1. The van der Waals surface area contributed by atoms with Crippen molar-refractivity contribution in [2.45, 2.75) is 51.1 Å². The van der Waals surface area contributed by atoms with Gasteiger partial charge in [-0.05, 0) is 30.5 Å². The van der Waals surface area contributed by atoms with Gasteiger partial charge < -0.3 is 20.5 Å². The van der Waals surface area contributed by atoms with Gasteiger partial charge in [0.15, 0.2) is 5.96 Å². The average molecular weight is 333 g/mol. The molecule has 1 aromatic carbocycles. The van der Waals surface area contributed by atoms with E-state index in [0.29, 0.717) is 29.9 Å². The largest absolute Gasteiger partial charge is 0.496 e. The third-order valence-electron chi connectivity index (χ3n) is 4.31. The van der Waals surface area contributed by atoms with Crippen LogP contribution in [-0.4, -0.2) is 32.2 Å². The molecule has 0 unspecified atom stereocenters. The van der Waals surface area contributed by atoms with Crippen molar-refractivity contribution in [2.75, 3.05) is 14.2 Å². The van der Waals surface area contributed by atoms with Crippen molar-refractivity contribution in [1.29, 1.82) is 0 Å². The van der Waals surface area contributed by atoms with Gasteiger partial charge >= 0.3 is 5.97 Å². The molecular weight excluding hydrogens is 306 g/mol. The van der Waals surface area contributed by atoms with Gasteiger partial charge in [0.2, 0.25) is 0 Å². The number of aliphatic imine (C=N–C) groups is 1. The summed E-state index contributed by atoms with van der Waals surface area (Å²) < 4.78 is 9.99. The van der Waals surface area contributed by atoms with E-state index in [1.165, 1.54) is 39.9 Å². The highest BCUT2D eigenvalue weighted by Crippen LogP contribution is 2.21. The Balaban J connectivity index is 1.98. The lowest BCUT2D eigenvalue weighted by Gasteiger charge is -2.16. The van der Waals surface area contributed by atoms with Crippen molar-refractivity contribution < 1.29 is 14.3 Å². The SMILES string of the molecule is COC(=O)c1ccc(CN=C(N)NC2CCCCCC2)cc1OC. The van der Waals surface area contributed by atoms with Crippen molar-refractivity contribution in [3.8, 4) is 5.75 Å². The zero-order chi connectivity index (χ0) is 17.4. The van der Waals surface area contributed by atoms with Crippen LogP contribution in [-0.2, 0) is 11.3 Å². The van der Waals surface area contributed by atoms with Gasteiger partial charge in [-0.1, -0.05) is 31.7 Å². The molecule has 0 radical (unpaired) electrons. The van der Waals surface area contributed by atoms with Crippen molar-refractivity contribution in [3.63, 3.8) is 0 Å². The summed E-state index contributed by atoms with van der Waals surface area (Å²) in [5.41, 5.74) is 7.33. The normalized spacial score (nSPS) is 16.3. The highest BCUT2D eigenvalue weighted by Gasteiger charge is 2.14. The molecule has 6 nitrogen and oxygen atoms in total. The first kappa shape index (κ1) is 18.1. The molecule has 1 aliphatic rings. The molecular formula is C18H27N3O3. The number of hydrogen-bond acceptors (Lipinski definition) is 4. The van der Waals surface area contributed by atoms with E-state index < -0.39 is 5.97 Å². The molecule has 1 saturated carbocycles. The maximum Gasteiger partial charge on any atom is 0.341 e. The van der Waals surface area contributed by atoms with Crippen molar-refractivity contribution >= 4 is 11.9 Å². The highest BCUT2D eigenvalue weighted by atomic mass is 16.5. The molecule has 0 saturated heterocycles. The van der Waals surface area contributed by atoms with Gasteiger partial charge in [0.25, 0.3) is 0 Å². The molecule has 0 atom stereocenters. The third-order valence-corrected chi connectivity index (χ3v) is 4.31. The van der Waals surface area contributed by atoms with Gasteiger partial charge in [0.05, 0.1) is 20.8 Å². The standard InChI is InChI=1S/C18H27N3O3/c1-23-16-11-13(9-10-15(16)17(22)24-2)12-20-18(19)21-14-7-5-3-4-6-8-14/h9-11,14H,3-8,12H2,1-2H3,(H3,19,20,21). The van der Waals surface area contributed by atoms with E-state index in [2.05, 4.69) is 10.3 Å². The predicted octanol–water partition coefficient (Wildman–Crippen LogP) is 2.61. The van der Waals surface area contributed by atoms with Gasteiger partial charge in [0, 0.05) is 6.04 Å². The summed E-state index contributed by atoms with van der Waals surface area (Å²) in [6.07, 6.45) is 7.41. The lowest BCUT2D eigenvalue weighted by molar-refractivity contribution is 0.0597. The minimum Gasteiger partial charge on any atom is -0.496 e. The molecule has 0 amide bonds. The molecule has 0 bridgehead atoms. The van der Waals surface area contributed by atoms with Crippen LogP contribution in [0.4, 0.5) is 0 Å². The summed E-state index contributed by atoms with van der Waals surface area (Å²) in [7, 11) is 2.87. The fourth-order valence-electron chi connectivity index (χ4n) is 2.97. The lowest BCUT2D eigenvalue weighted by Crippen LogP contribution is -2.39. The number of carbonyl (C=O) groups excluding carboxylic acids is 1. The fourth-order valence-corrected chi connectivity index (χ4v) is 2.97. The molecule has 0 heterocycles. The molecule has 132 valence electrons. The number of esters is 1. The maximum absolute atomic E-state index is 11.7. The van der Waals surface area contributed by atoms with Crippen molar-refractivity contribution in [2.24, 2.45) is 10.7 Å². The first-order valence-electron chi connectivity index (χ1n) is 8.45. The van der Waals surface area contributed by atoms with Crippen LogP contribution < -0.4 is 15.8 Å². The number of rotatable bonds is 5. The van der Waals surface area contributed by atoms with Crippen LogP contribution >= 0.6 is 0 Å². The second kappa shape index (κ2) is 9.15. The van der Waals surface area contributed by atoms with Crippen LogP contribution in [0.5, 0.6) is 5.75 Å². The molecule has 24 heavy (non-hydrogen) atoms. The summed E-state index contributed by atoms with van der Waals surface area (Å²) in [4.78, 5) is 16.1. The smallest absolute Gasteiger partial charge is 0.341 e. The number of ether oxygens (including phenoxy) is 2. The number of guanidine groups is 1. The van der Waals surface area contributed by atoms with Gasteiger partial charge in [-0.3, -0.25) is 0 Å². The second-order valence-corrected chi connectivity index (χ2v) is 6.06. The summed E-state index contributed by atoms with van der Waals surface area (Å²) >= 11 is 0. The minimum atomic E-state index is -0.420. The Labute approximate surface area is 143 Å². The Kier molecular flexibility index (Phi) is 6.90. The number of carbonyl (C=O) groups is 1. The molecule has 1 aromatic rings. The van der Waals surface area contributed by atoms with E-state index in [-0.39, 0.29) is 0 Å². The van der Waals surface area contributed by atoms with Crippen LogP contribution in [0.25, 0.3) is 0 Å². The van der Waals surface area contributed by atoms with Crippen LogP contribution in [0, 0.1) is 0 Å². The molecule has 0 spiro atoms. The molecule has 6 heteroatoms. The molecule has 1 aliphatic carbocycles. The Bertz CT molecular complexity index is 579. The third kappa shape index (κ3) is 5.15. The molecule has 3 N–H and O–H groups in total. The summed E-state index contributed by atoms with van der Waals surface area (Å²) in [6.45, 7) is 0.434. The molecule has 1 fully saturated rings. The number of nitrogens with two attached hydrogens (primary N) is 1. The highest BCUT2D eigenvalue weighted by molar-refractivity contribution is 5.92. The number of nitrogens with one attached hydrogen (secondary N) is 1. The number of benzene rings is 1. The zero-order valence-electron chi connectivity index (χ0n) is 14.5. The maximum atomic E-state index is 11.7. The summed E-state index contributed by atoms with van der Waals surface area (Å²) in [5.74, 6) is 0.527. The monoisotopic (exact) mass is 333 g/mol. The van der Waals surface area contributed by atoms with Gasteiger partial charge in [-0.25, -0.2) is 9.79 Å². The van der Waals surface area contributed by atoms with Crippen molar-refractivity contribution in [3.05, 3.63) is 29.3 Å². The number of hydrogen-bond donors (Lipinski definition) is 2. The number of methoxy groups -OCH3 is 2. The van der Waals surface area contributed by atoms with Gasteiger partial charge in [0.1, 0.15) is 11.3 Å². The Hall–Kier alpha value is -2.24. The van der Waals surface area contributed by atoms with Crippen molar-refractivity contribution in [1.82, 2.24) is 5.32 Å². The van der Waals surface area contributed by atoms with Crippen LogP contribution in [0.3, 0.4) is 0 Å². The Morgan fingerprint density at radius 1 is 1.25 bits per heavy atom. The Morgan fingerprint density at radius 3 is 2.58 bits per heavy atom. The van der Waals surface area contributed by atoms with Crippen LogP contribution in [0.2, 0.25) is 0 Å². The van der Waals surface area contributed by atoms with Gasteiger partial charge in [-0.15, -0.1) is 0 Å². The Morgan fingerprint density at radius 2 is 1.96 bits per heavy atom. The molecule has 0 aliphatic heterocycles. The minimum absolute atomic E-state index is 0.400. The zero-order valence-corrected chi connectivity index (χ0v) is 14.5. The van der Waals surface area contributed by atoms with E-state index in [9.17, 15) is 4.79 Å². The average Bonchev–Trinajstić information content (AvgIpc) is 2.87. The fraction of sp³-hybridized carbons (Fsp3) is 0.556.